The highest BCUT2D eigenvalue weighted by atomic mass is 15.4. The summed E-state index contributed by atoms with van der Waals surface area (Å²) in [5.41, 5.74) is 4.93. The summed E-state index contributed by atoms with van der Waals surface area (Å²) in [6, 6.07) is 44.4. The van der Waals surface area contributed by atoms with Crippen molar-refractivity contribution in [2.45, 2.75) is 30.5 Å². The van der Waals surface area contributed by atoms with E-state index in [1.54, 1.807) is 0 Å². The molecule has 158 valence electrons. The van der Waals surface area contributed by atoms with Crippen LogP contribution in [0.25, 0.3) is 0 Å². The van der Waals surface area contributed by atoms with Gasteiger partial charge in [-0.1, -0.05) is 127 Å². The lowest BCUT2D eigenvalue weighted by Crippen LogP contribution is -2.39. The van der Waals surface area contributed by atoms with Crippen molar-refractivity contribution in [1.82, 2.24) is 4.90 Å². The Morgan fingerprint density at radius 2 is 1.03 bits per heavy atom. The first-order valence-corrected chi connectivity index (χ1v) is 11.5. The van der Waals surface area contributed by atoms with Crippen molar-refractivity contribution in [2.24, 2.45) is 0 Å². The minimum atomic E-state index is -0.357. The highest BCUT2D eigenvalue weighted by Crippen LogP contribution is 2.52. The van der Waals surface area contributed by atoms with Gasteiger partial charge in [0.05, 0.1) is 5.54 Å². The molecule has 4 aromatic carbocycles. The second-order valence-electron chi connectivity index (χ2n) is 8.53. The smallest absolute Gasteiger partial charge is 0.0981 e. The van der Waals surface area contributed by atoms with Crippen LogP contribution >= 0.6 is 0 Å². The van der Waals surface area contributed by atoms with Crippen LogP contribution in [0.4, 0.5) is 0 Å². The molecule has 0 amide bonds. The van der Waals surface area contributed by atoms with Gasteiger partial charge in [-0.3, -0.25) is 4.90 Å². The van der Waals surface area contributed by atoms with Crippen LogP contribution in [0.15, 0.2) is 134 Å². The van der Waals surface area contributed by atoms with Crippen LogP contribution in [0.5, 0.6) is 0 Å². The first kappa shape index (κ1) is 20.5. The molecule has 4 aromatic rings. The van der Waals surface area contributed by atoms with Gasteiger partial charge in [0.25, 0.3) is 0 Å². The van der Waals surface area contributed by atoms with Gasteiger partial charge in [-0.2, -0.15) is 0 Å². The molecule has 5 rings (SSSR count). The Labute approximate surface area is 191 Å². The van der Waals surface area contributed by atoms with Gasteiger partial charge in [0.1, 0.15) is 0 Å². The molecule has 1 aliphatic rings. The molecule has 0 N–H and O–H groups in total. The summed E-state index contributed by atoms with van der Waals surface area (Å²) in [5, 5.41) is 0. The molecule has 0 aliphatic carbocycles. The lowest BCUT2D eigenvalue weighted by molar-refractivity contribution is 0.306. The summed E-state index contributed by atoms with van der Waals surface area (Å²) in [7, 11) is 0. The number of rotatable bonds is 8. The number of benzene rings is 4. The molecule has 1 aliphatic heterocycles. The lowest BCUT2D eigenvalue weighted by atomic mass is 9.76. The van der Waals surface area contributed by atoms with E-state index >= 15 is 0 Å². The van der Waals surface area contributed by atoms with Crippen molar-refractivity contribution in [2.75, 3.05) is 0 Å². The number of aryl methyl sites for hydroxylation is 1. The van der Waals surface area contributed by atoms with Crippen LogP contribution in [0.1, 0.15) is 28.7 Å². The van der Waals surface area contributed by atoms with Crippen molar-refractivity contribution in [3.8, 4) is 0 Å². The molecule has 1 nitrogen and oxygen atoms in total. The monoisotopic (exact) mass is 415 g/mol. The third kappa shape index (κ3) is 3.59. The van der Waals surface area contributed by atoms with Gasteiger partial charge >= 0.3 is 0 Å². The van der Waals surface area contributed by atoms with E-state index in [0.29, 0.717) is 12.1 Å². The molecule has 32 heavy (non-hydrogen) atoms. The molecule has 0 bridgehead atoms. The lowest BCUT2D eigenvalue weighted by Gasteiger charge is -2.38. The van der Waals surface area contributed by atoms with E-state index in [4.69, 9.17) is 0 Å². The van der Waals surface area contributed by atoms with E-state index in [1.807, 2.05) is 0 Å². The van der Waals surface area contributed by atoms with Gasteiger partial charge < -0.3 is 0 Å². The number of nitrogens with zero attached hydrogens (tertiary/aromatic N) is 1. The zero-order valence-electron chi connectivity index (χ0n) is 18.3. The minimum Gasteiger partial charge on any atom is -0.273 e. The fourth-order valence-corrected chi connectivity index (χ4v) is 5.30. The first-order valence-electron chi connectivity index (χ1n) is 11.5. The van der Waals surface area contributed by atoms with Crippen molar-refractivity contribution >= 4 is 0 Å². The van der Waals surface area contributed by atoms with Gasteiger partial charge in [-0.05, 0) is 35.1 Å². The third-order valence-electron chi connectivity index (χ3n) is 6.76. The summed E-state index contributed by atoms with van der Waals surface area (Å²) >= 11 is 0. The average molecular weight is 416 g/mol. The molecule has 1 heterocycles. The topological polar surface area (TPSA) is 3.01 Å². The second-order valence-corrected chi connectivity index (χ2v) is 8.53. The van der Waals surface area contributed by atoms with E-state index in [-0.39, 0.29) is 5.54 Å². The van der Waals surface area contributed by atoms with Crippen LogP contribution in [0.2, 0.25) is 0 Å². The summed E-state index contributed by atoms with van der Waals surface area (Å²) < 4.78 is 0. The number of hydrogen-bond acceptors (Lipinski definition) is 1. The van der Waals surface area contributed by atoms with Crippen LogP contribution in [-0.2, 0) is 12.0 Å². The minimum absolute atomic E-state index is 0.333. The fraction of sp³-hybridized carbons (Fsp3) is 0.161. The third-order valence-corrected chi connectivity index (χ3v) is 6.76. The van der Waals surface area contributed by atoms with Crippen LogP contribution < -0.4 is 0 Å². The van der Waals surface area contributed by atoms with E-state index in [1.165, 1.54) is 22.3 Å². The first-order chi connectivity index (χ1) is 15.9. The Bertz CT molecular complexity index is 1040. The predicted octanol–water partition coefficient (Wildman–Crippen LogP) is 6.85. The summed E-state index contributed by atoms with van der Waals surface area (Å²) in [6.07, 6.45) is 4.31. The Balaban J connectivity index is 1.63. The van der Waals surface area contributed by atoms with Gasteiger partial charge in [0.2, 0.25) is 0 Å². The van der Waals surface area contributed by atoms with Gasteiger partial charge in [0, 0.05) is 12.1 Å². The fourth-order valence-electron chi connectivity index (χ4n) is 5.30. The highest BCUT2D eigenvalue weighted by Gasteiger charge is 2.58. The van der Waals surface area contributed by atoms with E-state index in [2.05, 4.69) is 139 Å². The molecule has 0 aromatic heterocycles. The molecule has 0 saturated carbocycles. The zero-order chi connectivity index (χ0) is 21.8. The van der Waals surface area contributed by atoms with E-state index in [0.717, 1.165) is 12.8 Å². The van der Waals surface area contributed by atoms with E-state index in [9.17, 15) is 0 Å². The molecule has 3 atom stereocenters. The molecule has 1 saturated heterocycles. The van der Waals surface area contributed by atoms with Crippen molar-refractivity contribution in [1.29, 1.82) is 0 Å². The summed E-state index contributed by atoms with van der Waals surface area (Å²) in [6.45, 7) is 4.23. The molecular weight excluding hydrogens is 386 g/mol. The molecule has 1 heteroatoms. The molecule has 1 fully saturated rings. The Morgan fingerprint density at radius 3 is 1.44 bits per heavy atom. The Hall–Kier alpha value is -3.42. The maximum atomic E-state index is 4.23. The molecule has 0 radical (unpaired) electrons. The van der Waals surface area contributed by atoms with E-state index < -0.39 is 0 Å². The normalized spacial score (nSPS) is 19.9. The summed E-state index contributed by atoms with van der Waals surface area (Å²) in [5.74, 6) is 0. The standard InChI is InChI=1S/C31H29N/c1-2-29-30(24-23-25-15-7-3-8-16-25)32(29)31(26-17-9-4-10-18-26,27-19-11-5-12-20-27)28-21-13-6-14-22-28/h2-22,29-30H,1,23-24H2/t29-,30-,32?/m1/s1. The van der Waals surface area contributed by atoms with Crippen molar-refractivity contribution < 1.29 is 0 Å². The quantitative estimate of drug-likeness (QED) is 0.173. The largest absolute Gasteiger partial charge is 0.273 e. The van der Waals surface area contributed by atoms with Crippen LogP contribution in [-0.4, -0.2) is 17.0 Å². The van der Waals surface area contributed by atoms with Crippen LogP contribution in [0.3, 0.4) is 0 Å². The van der Waals surface area contributed by atoms with Gasteiger partial charge in [0.15, 0.2) is 0 Å². The molecule has 1 unspecified atom stereocenters. The second kappa shape index (κ2) is 8.98. The molecular formula is C31H29N. The Morgan fingerprint density at radius 1 is 0.625 bits per heavy atom. The number of hydrogen-bond donors (Lipinski definition) is 0. The van der Waals surface area contributed by atoms with Crippen molar-refractivity contribution in [3.63, 3.8) is 0 Å². The summed E-state index contributed by atoms with van der Waals surface area (Å²) in [4.78, 5) is 2.67. The predicted molar refractivity (Wildman–Crippen MR) is 134 cm³/mol. The van der Waals surface area contributed by atoms with Gasteiger partial charge in [-0.15, -0.1) is 6.58 Å². The van der Waals surface area contributed by atoms with Crippen LogP contribution in [0, 0.1) is 0 Å². The van der Waals surface area contributed by atoms with Gasteiger partial charge in [-0.25, -0.2) is 0 Å². The highest BCUT2D eigenvalue weighted by molar-refractivity contribution is 5.52. The van der Waals surface area contributed by atoms with Crippen molar-refractivity contribution in [3.05, 3.63) is 156 Å². The molecule has 0 spiro atoms. The zero-order valence-corrected chi connectivity index (χ0v) is 18.3. The average Bonchev–Trinajstić information content (AvgIpc) is 3.59. The maximum Gasteiger partial charge on any atom is 0.0981 e. The Kier molecular flexibility index (Phi) is 5.75. The maximum absolute atomic E-state index is 4.23. The SMILES string of the molecule is C=C[C@@H]1[C@@H](CCc2ccccc2)N1C(c1ccccc1)(c1ccccc1)c1ccccc1.